The van der Waals surface area contributed by atoms with Gasteiger partial charge in [-0.15, -0.1) is 0 Å². The minimum atomic E-state index is 0.0413. The highest BCUT2D eigenvalue weighted by Crippen LogP contribution is 2.16. The summed E-state index contributed by atoms with van der Waals surface area (Å²) in [5, 5.41) is 5.97. The maximum atomic E-state index is 11.6. The quantitative estimate of drug-likeness (QED) is 0.758. The number of hydrogen-bond donors (Lipinski definition) is 2. The van der Waals surface area contributed by atoms with Crippen LogP contribution >= 0.6 is 0 Å². The Bertz CT molecular complexity index is 351. The topological polar surface area (TPSA) is 44.4 Å². The van der Waals surface area contributed by atoms with Crippen LogP contribution in [-0.2, 0) is 4.79 Å². The number of rotatable bonds is 7. The lowest BCUT2D eigenvalue weighted by Gasteiger charge is -2.25. The molecule has 4 nitrogen and oxygen atoms in total. The Labute approximate surface area is 109 Å². The molecule has 0 saturated heterocycles. The number of amides is 1. The lowest BCUT2D eigenvalue weighted by atomic mass is 10.1. The molecule has 2 N–H and O–H groups in total. The lowest BCUT2D eigenvalue weighted by Crippen LogP contribution is -2.39. The highest BCUT2D eigenvalue weighted by atomic mass is 16.1. The van der Waals surface area contributed by atoms with Gasteiger partial charge < -0.3 is 15.5 Å². The molecule has 1 aromatic carbocycles. The first-order chi connectivity index (χ1) is 8.65. The Morgan fingerprint density at radius 2 is 1.94 bits per heavy atom. The first-order valence-corrected chi connectivity index (χ1v) is 6.34. The van der Waals surface area contributed by atoms with Crippen LogP contribution in [0.15, 0.2) is 30.3 Å². The van der Waals surface area contributed by atoms with Gasteiger partial charge in [-0.2, -0.15) is 0 Å². The van der Waals surface area contributed by atoms with Crippen molar-refractivity contribution in [2.24, 2.45) is 0 Å². The van der Waals surface area contributed by atoms with Crippen LogP contribution in [0.5, 0.6) is 0 Å². The molecule has 0 fully saturated rings. The second kappa shape index (κ2) is 7.84. The third kappa shape index (κ3) is 4.85. The zero-order chi connectivity index (χ0) is 13.4. The van der Waals surface area contributed by atoms with E-state index in [2.05, 4.69) is 27.7 Å². The molecule has 1 aromatic rings. The van der Waals surface area contributed by atoms with Crippen LogP contribution in [0.1, 0.15) is 18.5 Å². The smallest absolute Gasteiger partial charge is 0.234 e. The summed E-state index contributed by atoms with van der Waals surface area (Å²) in [5.41, 5.74) is 1.21. The van der Waals surface area contributed by atoms with Gasteiger partial charge in [-0.1, -0.05) is 37.3 Å². The molecule has 0 aliphatic carbocycles. The van der Waals surface area contributed by atoms with Crippen LogP contribution in [0.3, 0.4) is 0 Å². The van der Waals surface area contributed by atoms with E-state index >= 15 is 0 Å². The molecule has 0 heterocycles. The van der Waals surface area contributed by atoms with Crippen molar-refractivity contribution in [2.75, 3.05) is 33.7 Å². The molecule has 1 amide bonds. The molecule has 0 spiro atoms. The Kier molecular flexibility index (Phi) is 6.39. The van der Waals surface area contributed by atoms with E-state index in [-0.39, 0.29) is 11.9 Å². The summed E-state index contributed by atoms with van der Waals surface area (Å²) in [5.74, 6) is 0.0413. The van der Waals surface area contributed by atoms with Crippen molar-refractivity contribution in [3.63, 3.8) is 0 Å². The summed E-state index contributed by atoms with van der Waals surface area (Å²) in [6.45, 7) is 3.80. The zero-order valence-corrected chi connectivity index (χ0v) is 11.4. The van der Waals surface area contributed by atoms with Gasteiger partial charge in [-0.05, 0) is 26.2 Å². The second-order valence-electron chi connectivity index (χ2n) is 4.47. The van der Waals surface area contributed by atoms with Crippen molar-refractivity contribution in [2.45, 2.75) is 13.0 Å². The van der Waals surface area contributed by atoms with Crippen LogP contribution in [0, 0.1) is 0 Å². The third-order valence-corrected chi connectivity index (χ3v) is 2.84. The lowest BCUT2D eigenvalue weighted by molar-refractivity contribution is -0.120. The Balaban J connectivity index is 2.52. The van der Waals surface area contributed by atoms with E-state index in [0.717, 1.165) is 6.54 Å². The SMILES string of the molecule is CCNCC(=O)NCC(c1ccccc1)N(C)C. The van der Waals surface area contributed by atoms with Crippen LogP contribution in [0.4, 0.5) is 0 Å². The third-order valence-electron chi connectivity index (χ3n) is 2.84. The van der Waals surface area contributed by atoms with Crippen LogP contribution in [-0.4, -0.2) is 44.5 Å². The molecule has 1 unspecified atom stereocenters. The van der Waals surface area contributed by atoms with Gasteiger partial charge in [0, 0.05) is 6.54 Å². The van der Waals surface area contributed by atoms with Gasteiger partial charge >= 0.3 is 0 Å². The van der Waals surface area contributed by atoms with E-state index in [0.29, 0.717) is 13.1 Å². The molecule has 0 aliphatic rings. The van der Waals surface area contributed by atoms with Gasteiger partial charge in [0.25, 0.3) is 0 Å². The Morgan fingerprint density at radius 3 is 2.50 bits per heavy atom. The number of nitrogens with zero attached hydrogens (tertiary/aromatic N) is 1. The largest absolute Gasteiger partial charge is 0.353 e. The van der Waals surface area contributed by atoms with Gasteiger partial charge in [0.15, 0.2) is 0 Å². The molecule has 18 heavy (non-hydrogen) atoms. The van der Waals surface area contributed by atoms with E-state index in [9.17, 15) is 4.79 Å². The van der Waals surface area contributed by atoms with Crippen molar-refractivity contribution < 1.29 is 4.79 Å². The van der Waals surface area contributed by atoms with Gasteiger partial charge in [-0.3, -0.25) is 4.79 Å². The highest BCUT2D eigenvalue weighted by molar-refractivity contribution is 5.78. The summed E-state index contributed by atoms with van der Waals surface area (Å²) in [6, 6.07) is 10.4. The summed E-state index contributed by atoms with van der Waals surface area (Å²) in [7, 11) is 4.04. The minimum absolute atomic E-state index is 0.0413. The predicted octanol–water partition coefficient (Wildman–Crippen LogP) is 1.01. The summed E-state index contributed by atoms with van der Waals surface area (Å²) < 4.78 is 0. The molecular formula is C14H23N3O. The maximum absolute atomic E-state index is 11.6. The summed E-state index contributed by atoms with van der Waals surface area (Å²) in [6.07, 6.45) is 0. The minimum Gasteiger partial charge on any atom is -0.353 e. The predicted molar refractivity (Wildman–Crippen MR) is 74.4 cm³/mol. The fourth-order valence-electron chi connectivity index (χ4n) is 1.79. The number of hydrogen-bond acceptors (Lipinski definition) is 3. The van der Waals surface area contributed by atoms with Crippen molar-refractivity contribution >= 4 is 5.91 Å². The summed E-state index contributed by atoms with van der Waals surface area (Å²) >= 11 is 0. The van der Waals surface area contributed by atoms with Crippen molar-refractivity contribution in [1.82, 2.24) is 15.5 Å². The molecule has 0 aromatic heterocycles. The molecular weight excluding hydrogens is 226 g/mol. The number of benzene rings is 1. The van der Waals surface area contributed by atoms with Gasteiger partial charge in [0.1, 0.15) is 0 Å². The normalized spacial score (nSPS) is 12.4. The van der Waals surface area contributed by atoms with E-state index in [4.69, 9.17) is 0 Å². The van der Waals surface area contributed by atoms with Crippen molar-refractivity contribution in [3.8, 4) is 0 Å². The van der Waals surface area contributed by atoms with E-state index in [1.54, 1.807) is 0 Å². The summed E-state index contributed by atoms with van der Waals surface area (Å²) in [4.78, 5) is 13.7. The Morgan fingerprint density at radius 1 is 1.28 bits per heavy atom. The fraction of sp³-hybridized carbons (Fsp3) is 0.500. The maximum Gasteiger partial charge on any atom is 0.234 e. The monoisotopic (exact) mass is 249 g/mol. The first-order valence-electron chi connectivity index (χ1n) is 6.34. The zero-order valence-electron chi connectivity index (χ0n) is 11.4. The molecule has 0 aliphatic heterocycles. The number of likely N-dealkylation sites (N-methyl/N-ethyl adjacent to an activating group) is 2. The molecule has 0 saturated carbocycles. The standard InChI is InChI=1S/C14H23N3O/c1-4-15-11-14(18)16-10-13(17(2)3)12-8-6-5-7-9-12/h5-9,13,15H,4,10-11H2,1-3H3,(H,16,18). The fourth-order valence-corrected chi connectivity index (χ4v) is 1.79. The number of nitrogens with one attached hydrogen (secondary N) is 2. The molecule has 0 bridgehead atoms. The van der Waals surface area contributed by atoms with Gasteiger partial charge in [0.2, 0.25) is 5.91 Å². The average Bonchev–Trinajstić information content (AvgIpc) is 2.37. The molecule has 4 heteroatoms. The van der Waals surface area contributed by atoms with E-state index in [1.165, 1.54) is 5.56 Å². The highest BCUT2D eigenvalue weighted by Gasteiger charge is 2.14. The molecule has 1 atom stereocenters. The average molecular weight is 249 g/mol. The van der Waals surface area contributed by atoms with Gasteiger partial charge in [0.05, 0.1) is 12.6 Å². The molecule has 0 radical (unpaired) electrons. The Hall–Kier alpha value is -1.39. The molecule has 1 rings (SSSR count). The van der Waals surface area contributed by atoms with Crippen molar-refractivity contribution in [1.29, 1.82) is 0 Å². The van der Waals surface area contributed by atoms with Crippen LogP contribution in [0.2, 0.25) is 0 Å². The second-order valence-corrected chi connectivity index (χ2v) is 4.47. The number of carbonyl (C=O) groups is 1. The van der Waals surface area contributed by atoms with E-state index < -0.39 is 0 Å². The van der Waals surface area contributed by atoms with E-state index in [1.807, 2.05) is 39.2 Å². The first kappa shape index (κ1) is 14.7. The molecule has 100 valence electrons. The van der Waals surface area contributed by atoms with Crippen LogP contribution < -0.4 is 10.6 Å². The van der Waals surface area contributed by atoms with Gasteiger partial charge in [-0.25, -0.2) is 0 Å². The van der Waals surface area contributed by atoms with Crippen molar-refractivity contribution in [3.05, 3.63) is 35.9 Å². The number of carbonyl (C=O) groups excluding carboxylic acids is 1. The van der Waals surface area contributed by atoms with Crippen LogP contribution in [0.25, 0.3) is 0 Å².